The van der Waals surface area contributed by atoms with Crippen molar-refractivity contribution < 1.29 is 14.3 Å². The molecule has 1 aliphatic heterocycles. The maximum Gasteiger partial charge on any atom is 0.278 e. The first-order chi connectivity index (χ1) is 15.0. The molecule has 156 valence electrons. The van der Waals surface area contributed by atoms with Gasteiger partial charge in [-0.15, -0.1) is 0 Å². The normalized spacial score (nSPS) is 13.7. The third-order valence-corrected chi connectivity index (χ3v) is 5.26. The van der Waals surface area contributed by atoms with E-state index in [0.29, 0.717) is 32.7 Å². The molecule has 0 radical (unpaired) electrons. The van der Waals surface area contributed by atoms with Crippen molar-refractivity contribution in [2.75, 3.05) is 12.4 Å². The van der Waals surface area contributed by atoms with E-state index in [0.717, 1.165) is 4.90 Å². The van der Waals surface area contributed by atoms with Crippen LogP contribution in [0.25, 0.3) is 5.57 Å². The summed E-state index contributed by atoms with van der Waals surface area (Å²) < 4.78 is 5.37. The van der Waals surface area contributed by atoms with E-state index in [1.807, 2.05) is 0 Å². The molecule has 31 heavy (non-hydrogen) atoms. The Balaban J connectivity index is 1.78. The zero-order chi connectivity index (χ0) is 22.0. The number of amides is 2. The van der Waals surface area contributed by atoms with Gasteiger partial charge in [0.15, 0.2) is 0 Å². The predicted octanol–water partition coefficient (Wildman–Crippen LogP) is 4.79. The molecule has 0 saturated carbocycles. The number of carbonyl (C=O) groups is 2. The summed E-state index contributed by atoms with van der Waals surface area (Å²) in [5.74, 6) is -0.417. The SMILES string of the molecule is COc1ccc(Cl)cc1NC1=C(c2ccc(Cl)cc2)C(=O)N(Cc2ccccn2)C1=O. The fourth-order valence-electron chi connectivity index (χ4n) is 3.29. The molecule has 0 atom stereocenters. The van der Waals surface area contributed by atoms with Gasteiger partial charge in [-0.2, -0.15) is 0 Å². The second-order valence-electron chi connectivity index (χ2n) is 6.74. The summed E-state index contributed by atoms with van der Waals surface area (Å²) in [6.07, 6.45) is 1.61. The third-order valence-electron chi connectivity index (χ3n) is 4.77. The summed E-state index contributed by atoms with van der Waals surface area (Å²) in [6, 6.07) is 17.0. The minimum Gasteiger partial charge on any atom is -0.495 e. The first-order valence-corrected chi connectivity index (χ1v) is 10.1. The van der Waals surface area contributed by atoms with Crippen LogP contribution in [0.2, 0.25) is 10.0 Å². The number of pyridine rings is 1. The fourth-order valence-corrected chi connectivity index (χ4v) is 3.58. The van der Waals surface area contributed by atoms with E-state index in [1.165, 1.54) is 7.11 Å². The molecule has 0 saturated heterocycles. The average molecular weight is 454 g/mol. The van der Waals surface area contributed by atoms with Gasteiger partial charge in [0.1, 0.15) is 11.4 Å². The number of halogens is 2. The lowest BCUT2D eigenvalue weighted by Crippen LogP contribution is -2.32. The van der Waals surface area contributed by atoms with Gasteiger partial charge in [0, 0.05) is 16.2 Å². The highest BCUT2D eigenvalue weighted by Crippen LogP contribution is 2.35. The topological polar surface area (TPSA) is 71.5 Å². The molecular formula is C23H17Cl2N3O3. The first kappa shape index (κ1) is 20.9. The van der Waals surface area contributed by atoms with Crippen LogP contribution in [0.5, 0.6) is 5.75 Å². The van der Waals surface area contributed by atoms with E-state index in [9.17, 15) is 9.59 Å². The number of benzene rings is 2. The smallest absolute Gasteiger partial charge is 0.278 e. The molecule has 0 bridgehead atoms. The molecule has 4 rings (SSSR count). The van der Waals surface area contributed by atoms with Gasteiger partial charge in [-0.3, -0.25) is 19.5 Å². The number of aromatic nitrogens is 1. The van der Waals surface area contributed by atoms with Crippen molar-refractivity contribution in [3.05, 3.63) is 93.9 Å². The van der Waals surface area contributed by atoms with E-state index < -0.39 is 11.8 Å². The minimum absolute atomic E-state index is 0.0491. The molecular weight excluding hydrogens is 437 g/mol. The molecule has 3 aromatic rings. The molecule has 0 fully saturated rings. The minimum atomic E-state index is -0.470. The van der Waals surface area contributed by atoms with Crippen LogP contribution in [0, 0.1) is 0 Å². The zero-order valence-electron chi connectivity index (χ0n) is 16.4. The first-order valence-electron chi connectivity index (χ1n) is 9.35. The number of carbonyl (C=O) groups excluding carboxylic acids is 2. The third kappa shape index (κ3) is 4.26. The van der Waals surface area contributed by atoms with Gasteiger partial charge in [-0.1, -0.05) is 41.4 Å². The van der Waals surface area contributed by atoms with Crippen molar-refractivity contribution in [2.45, 2.75) is 6.54 Å². The number of nitrogens with zero attached hydrogens (tertiary/aromatic N) is 2. The molecule has 2 aromatic carbocycles. The summed E-state index contributed by atoms with van der Waals surface area (Å²) in [5.41, 5.74) is 2.00. The lowest BCUT2D eigenvalue weighted by atomic mass is 10.0. The average Bonchev–Trinajstić information content (AvgIpc) is 3.00. The van der Waals surface area contributed by atoms with E-state index in [4.69, 9.17) is 27.9 Å². The Hall–Kier alpha value is -3.35. The second-order valence-corrected chi connectivity index (χ2v) is 7.62. The molecule has 0 unspecified atom stereocenters. The summed E-state index contributed by atoms with van der Waals surface area (Å²) >= 11 is 12.1. The molecule has 0 spiro atoms. The number of hydrogen-bond acceptors (Lipinski definition) is 5. The highest BCUT2D eigenvalue weighted by Gasteiger charge is 2.39. The second kappa shape index (κ2) is 8.79. The summed E-state index contributed by atoms with van der Waals surface area (Å²) in [4.78, 5) is 32.0. The van der Waals surface area contributed by atoms with Crippen molar-refractivity contribution in [1.29, 1.82) is 0 Å². The molecule has 6 nitrogen and oxygen atoms in total. The maximum atomic E-state index is 13.3. The van der Waals surface area contributed by atoms with E-state index >= 15 is 0 Å². The van der Waals surface area contributed by atoms with Crippen LogP contribution in [0.3, 0.4) is 0 Å². The number of ether oxygens (including phenoxy) is 1. The molecule has 8 heteroatoms. The van der Waals surface area contributed by atoms with E-state index in [1.54, 1.807) is 66.9 Å². The number of anilines is 1. The summed E-state index contributed by atoms with van der Waals surface area (Å²) in [7, 11) is 1.51. The summed E-state index contributed by atoms with van der Waals surface area (Å²) in [5, 5.41) is 4.05. The molecule has 1 N–H and O–H groups in total. The predicted molar refractivity (Wildman–Crippen MR) is 120 cm³/mol. The van der Waals surface area contributed by atoms with Crippen LogP contribution in [0.4, 0.5) is 5.69 Å². The van der Waals surface area contributed by atoms with Gasteiger partial charge in [-0.05, 0) is 48.0 Å². The van der Waals surface area contributed by atoms with Crippen LogP contribution in [-0.4, -0.2) is 28.8 Å². The van der Waals surface area contributed by atoms with Gasteiger partial charge in [0.25, 0.3) is 11.8 Å². The highest BCUT2D eigenvalue weighted by molar-refractivity contribution is 6.37. The van der Waals surface area contributed by atoms with Crippen LogP contribution < -0.4 is 10.1 Å². The van der Waals surface area contributed by atoms with Crippen LogP contribution in [0.1, 0.15) is 11.3 Å². The van der Waals surface area contributed by atoms with E-state index in [-0.39, 0.29) is 17.8 Å². The van der Waals surface area contributed by atoms with Gasteiger partial charge >= 0.3 is 0 Å². The Morgan fingerprint density at radius 2 is 1.71 bits per heavy atom. The Labute approximate surface area is 189 Å². The van der Waals surface area contributed by atoms with Crippen LogP contribution in [0.15, 0.2) is 72.6 Å². The Bertz CT molecular complexity index is 1180. The zero-order valence-corrected chi connectivity index (χ0v) is 17.9. The largest absolute Gasteiger partial charge is 0.495 e. The maximum absolute atomic E-state index is 13.3. The Morgan fingerprint density at radius 3 is 2.39 bits per heavy atom. The molecule has 1 aromatic heterocycles. The van der Waals surface area contributed by atoms with Gasteiger partial charge in [0.05, 0.1) is 30.6 Å². The van der Waals surface area contributed by atoms with Crippen LogP contribution >= 0.6 is 23.2 Å². The van der Waals surface area contributed by atoms with Gasteiger partial charge in [-0.25, -0.2) is 0 Å². The van der Waals surface area contributed by atoms with Crippen molar-refractivity contribution >= 4 is 46.3 Å². The molecule has 0 aliphatic carbocycles. The van der Waals surface area contributed by atoms with E-state index in [2.05, 4.69) is 10.3 Å². The Morgan fingerprint density at radius 1 is 0.968 bits per heavy atom. The quantitative estimate of drug-likeness (QED) is 0.543. The number of imide groups is 1. The number of nitrogens with one attached hydrogen (secondary N) is 1. The molecule has 1 aliphatic rings. The van der Waals surface area contributed by atoms with Crippen molar-refractivity contribution in [3.8, 4) is 5.75 Å². The fraction of sp³-hybridized carbons (Fsp3) is 0.0870. The summed E-state index contributed by atoms with van der Waals surface area (Å²) in [6.45, 7) is 0.0491. The van der Waals surface area contributed by atoms with Crippen LogP contribution in [-0.2, 0) is 16.1 Å². The lowest BCUT2D eigenvalue weighted by Gasteiger charge is -2.15. The van der Waals surface area contributed by atoms with Gasteiger partial charge < -0.3 is 10.1 Å². The molecule has 2 amide bonds. The molecule has 2 heterocycles. The van der Waals surface area contributed by atoms with Gasteiger partial charge in [0.2, 0.25) is 0 Å². The standard InChI is InChI=1S/C23H17Cl2N3O3/c1-31-19-10-9-16(25)12-18(19)27-21-20(14-5-7-15(24)8-6-14)22(29)28(23(21)30)13-17-4-2-3-11-26-17/h2-12,27H,13H2,1H3. The monoisotopic (exact) mass is 453 g/mol. The van der Waals surface area contributed by atoms with Crippen molar-refractivity contribution in [2.24, 2.45) is 0 Å². The number of rotatable bonds is 6. The Kier molecular flexibility index (Phi) is 5.93. The number of methoxy groups -OCH3 is 1. The number of hydrogen-bond donors (Lipinski definition) is 1. The highest BCUT2D eigenvalue weighted by atomic mass is 35.5. The van der Waals surface area contributed by atoms with Crippen molar-refractivity contribution in [1.82, 2.24) is 9.88 Å². The lowest BCUT2D eigenvalue weighted by molar-refractivity contribution is -0.137. The van der Waals surface area contributed by atoms with Crippen molar-refractivity contribution in [3.63, 3.8) is 0 Å².